The maximum Gasteiger partial charge on any atom is 0.191 e. The van der Waals surface area contributed by atoms with E-state index in [0.717, 1.165) is 36.7 Å². The van der Waals surface area contributed by atoms with Crippen molar-refractivity contribution in [2.24, 2.45) is 4.99 Å². The zero-order chi connectivity index (χ0) is 21.0. The Morgan fingerprint density at radius 1 is 1.13 bits per heavy atom. The van der Waals surface area contributed by atoms with Crippen molar-refractivity contribution in [3.8, 4) is 0 Å². The molecule has 1 saturated carbocycles. The molecule has 1 fully saturated rings. The number of hydrogen-bond donors (Lipinski definition) is 2. The molecule has 2 aromatic carbocycles. The lowest BCUT2D eigenvalue weighted by atomic mass is 9.95. The lowest BCUT2D eigenvalue weighted by molar-refractivity contribution is 0.559. The minimum Gasteiger partial charge on any atom is -0.356 e. The summed E-state index contributed by atoms with van der Waals surface area (Å²) in [5, 5.41) is 6.76. The molecule has 0 aliphatic heterocycles. The van der Waals surface area contributed by atoms with E-state index in [2.05, 4.69) is 49.4 Å². The predicted molar refractivity (Wildman–Crippen MR) is 118 cm³/mol. The minimum atomic E-state index is -0.121. The van der Waals surface area contributed by atoms with Gasteiger partial charge >= 0.3 is 0 Å². The molecule has 2 N–H and O–H groups in total. The second-order valence-corrected chi connectivity index (χ2v) is 7.96. The number of benzene rings is 2. The first-order valence-electron chi connectivity index (χ1n) is 10.3. The second-order valence-electron chi connectivity index (χ2n) is 7.96. The Hall–Kier alpha value is -3.15. The number of nitrogens with one attached hydrogen (secondary N) is 2. The molecule has 3 aromatic rings. The number of halogens is 1. The van der Waals surface area contributed by atoms with Crippen LogP contribution < -0.4 is 10.6 Å². The predicted octanol–water partition coefficient (Wildman–Crippen LogP) is 3.78. The molecule has 1 aromatic heterocycles. The standard InChI is InChI=1S/C24H28FN5/c1-18-27-12-13-30(18)16-20-7-5-6-19(14-20)15-28-23(26-2)29-17-24(10-11-24)21-8-3-4-9-22(21)25/h3-9,12-14H,10-11,15-17H2,1-2H3,(H2,26,28,29). The van der Waals surface area contributed by atoms with Gasteiger partial charge in [0.25, 0.3) is 0 Å². The summed E-state index contributed by atoms with van der Waals surface area (Å²) in [6.45, 7) is 4.16. The average Bonchev–Trinajstić information content (AvgIpc) is 3.44. The summed E-state index contributed by atoms with van der Waals surface area (Å²) >= 11 is 0. The Bertz CT molecular complexity index is 1040. The number of rotatable bonds is 7. The van der Waals surface area contributed by atoms with Gasteiger partial charge in [0.05, 0.1) is 0 Å². The molecule has 0 saturated heterocycles. The number of nitrogens with zero attached hydrogens (tertiary/aromatic N) is 3. The molecule has 0 amide bonds. The summed E-state index contributed by atoms with van der Waals surface area (Å²) in [7, 11) is 1.76. The number of aryl methyl sites for hydroxylation is 1. The van der Waals surface area contributed by atoms with Gasteiger partial charge in [-0.1, -0.05) is 42.5 Å². The molecule has 0 unspecified atom stereocenters. The van der Waals surface area contributed by atoms with Crippen molar-refractivity contribution in [3.05, 3.63) is 89.3 Å². The number of hydrogen-bond acceptors (Lipinski definition) is 2. The van der Waals surface area contributed by atoms with Crippen molar-refractivity contribution in [1.82, 2.24) is 20.2 Å². The highest BCUT2D eigenvalue weighted by molar-refractivity contribution is 5.79. The largest absolute Gasteiger partial charge is 0.356 e. The van der Waals surface area contributed by atoms with Gasteiger partial charge in [-0.25, -0.2) is 9.37 Å². The smallest absolute Gasteiger partial charge is 0.191 e. The molecule has 1 heterocycles. The fraction of sp³-hybridized carbons (Fsp3) is 0.333. The van der Waals surface area contributed by atoms with Crippen LogP contribution in [0.3, 0.4) is 0 Å². The van der Waals surface area contributed by atoms with E-state index >= 15 is 0 Å². The summed E-state index contributed by atoms with van der Waals surface area (Å²) in [6.07, 6.45) is 5.81. The van der Waals surface area contributed by atoms with Crippen molar-refractivity contribution in [2.45, 2.75) is 38.3 Å². The van der Waals surface area contributed by atoms with Crippen LogP contribution in [0, 0.1) is 12.7 Å². The van der Waals surface area contributed by atoms with E-state index < -0.39 is 0 Å². The van der Waals surface area contributed by atoms with E-state index in [4.69, 9.17) is 0 Å². The number of aliphatic imine (C=N–C) groups is 1. The zero-order valence-electron chi connectivity index (χ0n) is 17.5. The first-order valence-corrected chi connectivity index (χ1v) is 10.3. The SMILES string of the molecule is CN=C(NCc1cccc(Cn2ccnc2C)c1)NCC1(c2ccccc2F)CC1. The molecular weight excluding hydrogens is 377 g/mol. The summed E-state index contributed by atoms with van der Waals surface area (Å²) < 4.78 is 16.3. The highest BCUT2D eigenvalue weighted by atomic mass is 19.1. The van der Waals surface area contributed by atoms with E-state index in [-0.39, 0.29) is 11.2 Å². The molecule has 6 heteroatoms. The van der Waals surface area contributed by atoms with Gasteiger partial charge in [0.2, 0.25) is 0 Å². The molecule has 1 aliphatic carbocycles. The van der Waals surface area contributed by atoms with Crippen LogP contribution in [0.5, 0.6) is 0 Å². The fourth-order valence-corrected chi connectivity index (χ4v) is 3.85. The maximum atomic E-state index is 14.2. The van der Waals surface area contributed by atoms with E-state index in [1.54, 1.807) is 19.2 Å². The first-order chi connectivity index (χ1) is 14.6. The van der Waals surface area contributed by atoms with Crippen LogP contribution in [0.2, 0.25) is 0 Å². The normalized spacial score (nSPS) is 15.1. The summed E-state index contributed by atoms with van der Waals surface area (Å²) in [6, 6.07) is 15.6. The average molecular weight is 406 g/mol. The third-order valence-corrected chi connectivity index (χ3v) is 5.84. The number of imidazole rings is 1. The van der Waals surface area contributed by atoms with E-state index in [9.17, 15) is 4.39 Å². The Balaban J connectivity index is 1.34. The van der Waals surface area contributed by atoms with Crippen LogP contribution in [0.15, 0.2) is 65.9 Å². The molecule has 0 radical (unpaired) electrons. The molecule has 4 rings (SSSR count). The summed E-state index contributed by atoms with van der Waals surface area (Å²) in [4.78, 5) is 8.61. The topological polar surface area (TPSA) is 54.2 Å². The molecule has 0 bridgehead atoms. The van der Waals surface area contributed by atoms with Gasteiger partial charge in [-0.05, 0) is 42.5 Å². The highest BCUT2D eigenvalue weighted by Gasteiger charge is 2.45. The van der Waals surface area contributed by atoms with Gasteiger partial charge in [0.15, 0.2) is 5.96 Å². The summed E-state index contributed by atoms with van der Waals surface area (Å²) in [5.41, 5.74) is 3.10. The monoisotopic (exact) mass is 405 g/mol. The summed E-state index contributed by atoms with van der Waals surface area (Å²) in [5.74, 6) is 1.62. The van der Waals surface area contributed by atoms with Gasteiger partial charge in [-0.2, -0.15) is 0 Å². The lowest BCUT2D eigenvalue weighted by Crippen LogP contribution is -2.41. The molecular formula is C24H28FN5. The van der Waals surface area contributed by atoms with Crippen molar-refractivity contribution in [3.63, 3.8) is 0 Å². The van der Waals surface area contributed by atoms with Gasteiger partial charge in [0.1, 0.15) is 11.6 Å². The first kappa shape index (κ1) is 20.1. The van der Waals surface area contributed by atoms with Crippen LogP contribution in [0.4, 0.5) is 4.39 Å². The molecule has 30 heavy (non-hydrogen) atoms. The molecule has 156 valence electrons. The van der Waals surface area contributed by atoms with E-state index in [0.29, 0.717) is 13.1 Å². The van der Waals surface area contributed by atoms with Gasteiger partial charge in [-0.3, -0.25) is 4.99 Å². The van der Waals surface area contributed by atoms with Crippen LogP contribution in [0.25, 0.3) is 0 Å². The molecule has 0 spiro atoms. The van der Waals surface area contributed by atoms with Crippen LogP contribution in [0.1, 0.15) is 35.4 Å². The van der Waals surface area contributed by atoms with Crippen molar-refractivity contribution in [1.29, 1.82) is 0 Å². The van der Waals surface area contributed by atoms with E-state index in [1.165, 1.54) is 11.1 Å². The number of aromatic nitrogens is 2. The molecule has 1 aliphatic rings. The van der Waals surface area contributed by atoms with Crippen LogP contribution >= 0.6 is 0 Å². The highest BCUT2D eigenvalue weighted by Crippen LogP contribution is 2.48. The minimum absolute atomic E-state index is 0.120. The maximum absolute atomic E-state index is 14.2. The fourth-order valence-electron chi connectivity index (χ4n) is 3.85. The lowest BCUT2D eigenvalue weighted by Gasteiger charge is -2.19. The Morgan fingerprint density at radius 2 is 1.93 bits per heavy atom. The Morgan fingerprint density at radius 3 is 2.63 bits per heavy atom. The van der Waals surface area contributed by atoms with Gasteiger partial charge < -0.3 is 15.2 Å². The Labute approximate surface area is 177 Å². The van der Waals surface area contributed by atoms with Crippen molar-refractivity contribution in [2.75, 3.05) is 13.6 Å². The third kappa shape index (κ3) is 4.53. The van der Waals surface area contributed by atoms with Crippen LogP contribution in [-0.4, -0.2) is 29.1 Å². The third-order valence-electron chi connectivity index (χ3n) is 5.84. The van der Waals surface area contributed by atoms with Crippen molar-refractivity contribution < 1.29 is 4.39 Å². The molecule has 0 atom stereocenters. The second kappa shape index (κ2) is 8.69. The molecule has 5 nitrogen and oxygen atoms in total. The van der Waals surface area contributed by atoms with Gasteiger partial charge in [0, 0.05) is 44.5 Å². The van der Waals surface area contributed by atoms with Crippen molar-refractivity contribution >= 4 is 5.96 Å². The van der Waals surface area contributed by atoms with Crippen LogP contribution in [-0.2, 0) is 18.5 Å². The number of guanidine groups is 1. The van der Waals surface area contributed by atoms with Gasteiger partial charge in [-0.15, -0.1) is 0 Å². The van der Waals surface area contributed by atoms with E-state index in [1.807, 2.05) is 31.5 Å². The zero-order valence-corrected chi connectivity index (χ0v) is 17.5. The Kier molecular flexibility index (Phi) is 5.84. The quantitative estimate of drug-likeness (QED) is 0.465.